The van der Waals surface area contributed by atoms with Crippen molar-refractivity contribution in [3.63, 3.8) is 0 Å². The Morgan fingerprint density at radius 2 is 2.08 bits per heavy atom. The number of aromatic nitrogens is 2. The highest BCUT2D eigenvalue weighted by molar-refractivity contribution is 5.96. The molecule has 136 valence electrons. The van der Waals surface area contributed by atoms with Crippen molar-refractivity contribution >= 4 is 23.3 Å². The Balaban J connectivity index is 1.73. The molecular weight excluding hydrogens is 330 g/mol. The second kappa shape index (κ2) is 7.51. The summed E-state index contributed by atoms with van der Waals surface area (Å²) in [6.07, 6.45) is 2.42. The van der Waals surface area contributed by atoms with Crippen LogP contribution in [0.5, 0.6) is 0 Å². The van der Waals surface area contributed by atoms with Crippen LogP contribution in [0.4, 0.5) is 11.5 Å². The van der Waals surface area contributed by atoms with Crippen LogP contribution in [-0.4, -0.2) is 46.8 Å². The summed E-state index contributed by atoms with van der Waals surface area (Å²) < 4.78 is 0. The molecule has 0 aliphatic carbocycles. The number of nitrogens with one attached hydrogen (secondary N) is 2. The first-order chi connectivity index (χ1) is 12.5. The van der Waals surface area contributed by atoms with E-state index in [2.05, 4.69) is 20.6 Å². The number of pyridine rings is 2. The largest absolute Gasteiger partial charge is 0.388 e. The highest BCUT2D eigenvalue weighted by atomic mass is 16.2. The van der Waals surface area contributed by atoms with Gasteiger partial charge in [0.25, 0.3) is 5.91 Å². The molecule has 0 spiro atoms. The molecular formula is C19H23N5O2. The number of aryl methyl sites for hydroxylation is 1. The van der Waals surface area contributed by atoms with Crippen molar-refractivity contribution in [2.24, 2.45) is 0 Å². The molecule has 1 saturated heterocycles. The van der Waals surface area contributed by atoms with Gasteiger partial charge >= 0.3 is 0 Å². The van der Waals surface area contributed by atoms with Crippen LogP contribution >= 0.6 is 0 Å². The molecule has 0 bridgehead atoms. The molecule has 3 rings (SSSR count). The Kier molecular flexibility index (Phi) is 5.16. The summed E-state index contributed by atoms with van der Waals surface area (Å²) in [5, 5.41) is 5.76. The fraction of sp³-hybridized carbons (Fsp3) is 0.368. The molecule has 7 heteroatoms. The first kappa shape index (κ1) is 17.8. The summed E-state index contributed by atoms with van der Waals surface area (Å²) in [4.78, 5) is 34.5. The maximum Gasteiger partial charge on any atom is 0.254 e. The fourth-order valence-corrected chi connectivity index (χ4v) is 3.23. The van der Waals surface area contributed by atoms with Crippen molar-refractivity contribution in [1.82, 2.24) is 14.9 Å². The molecule has 0 radical (unpaired) electrons. The summed E-state index contributed by atoms with van der Waals surface area (Å²) in [5.41, 5.74) is 3.54. The predicted molar refractivity (Wildman–Crippen MR) is 100 cm³/mol. The van der Waals surface area contributed by atoms with Crippen LogP contribution in [0.25, 0.3) is 0 Å². The summed E-state index contributed by atoms with van der Waals surface area (Å²) in [6, 6.07) is 7.33. The van der Waals surface area contributed by atoms with Gasteiger partial charge in [-0.15, -0.1) is 0 Å². The van der Waals surface area contributed by atoms with Crippen molar-refractivity contribution in [2.45, 2.75) is 26.2 Å². The van der Waals surface area contributed by atoms with Gasteiger partial charge in [0, 0.05) is 61.8 Å². The number of carbonyl (C=O) groups excluding carboxylic acids is 2. The number of hydrogen-bond acceptors (Lipinski definition) is 5. The van der Waals surface area contributed by atoms with Crippen molar-refractivity contribution in [3.8, 4) is 0 Å². The average molecular weight is 353 g/mol. The van der Waals surface area contributed by atoms with Gasteiger partial charge in [-0.1, -0.05) is 0 Å². The van der Waals surface area contributed by atoms with Gasteiger partial charge in [-0.3, -0.25) is 14.6 Å². The monoisotopic (exact) mass is 353 g/mol. The van der Waals surface area contributed by atoms with E-state index in [-0.39, 0.29) is 17.7 Å². The number of rotatable bonds is 4. The molecule has 1 aliphatic rings. The Morgan fingerprint density at radius 3 is 2.81 bits per heavy atom. The molecule has 7 nitrogen and oxygen atoms in total. The van der Waals surface area contributed by atoms with E-state index in [1.54, 1.807) is 12.1 Å². The van der Waals surface area contributed by atoms with Gasteiger partial charge < -0.3 is 15.5 Å². The zero-order valence-electron chi connectivity index (χ0n) is 15.2. The normalized spacial score (nSPS) is 16.4. The quantitative estimate of drug-likeness (QED) is 0.881. The lowest BCUT2D eigenvalue weighted by Gasteiger charge is -2.17. The maximum absolute atomic E-state index is 12.8. The summed E-state index contributed by atoms with van der Waals surface area (Å²) in [7, 11) is 1.89. The third-order valence-electron chi connectivity index (χ3n) is 4.47. The number of likely N-dealkylation sites (tertiary alicyclic amines) is 1. The summed E-state index contributed by atoms with van der Waals surface area (Å²) in [5.74, 6) is 0.345. The highest BCUT2D eigenvalue weighted by Crippen LogP contribution is 2.29. The predicted octanol–water partition coefficient (Wildman–Crippen LogP) is 2.41. The van der Waals surface area contributed by atoms with Crippen molar-refractivity contribution in [2.75, 3.05) is 30.8 Å². The SMILES string of the molecule is CNc1cc(C)nc([C@H]2CCN(C(=O)c3ccnc(NC(C)=O)c3)C2)c1. The van der Waals surface area contributed by atoms with E-state index in [0.717, 1.165) is 23.5 Å². The molecule has 1 atom stereocenters. The standard InChI is InChI=1S/C19H23N5O2/c1-12-8-16(20-3)10-17(22-12)15-5-7-24(11-15)19(26)14-4-6-21-18(9-14)23-13(2)25/h4,6,8-10,15H,5,7,11H2,1-3H3,(H,20,22)(H,21,23,25)/t15-/m0/s1. The zero-order valence-corrected chi connectivity index (χ0v) is 15.2. The molecule has 2 aromatic rings. The molecule has 1 fully saturated rings. The van der Waals surface area contributed by atoms with Crippen LogP contribution < -0.4 is 10.6 Å². The van der Waals surface area contributed by atoms with E-state index in [1.165, 1.54) is 13.1 Å². The number of carbonyl (C=O) groups is 2. The van der Waals surface area contributed by atoms with Crippen molar-refractivity contribution in [1.29, 1.82) is 0 Å². The van der Waals surface area contributed by atoms with Gasteiger partial charge in [-0.05, 0) is 37.6 Å². The first-order valence-electron chi connectivity index (χ1n) is 8.65. The molecule has 2 aromatic heterocycles. The number of nitrogens with zero attached hydrogens (tertiary/aromatic N) is 3. The Hall–Kier alpha value is -2.96. The van der Waals surface area contributed by atoms with E-state index >= 15 is 0 Å². The molecule has 0 aromatic carbocycles. The molecule has 0 saturated carbocycles. The molecule has 3 heterocycles. The molecule has 2 N–H and O–H groups in total. The van der Waals surface area contributed by atoms with Crippen molar-refractivity contribution < 1.29 is 9.59 Å². The lowest BCUT2D eigenvalue weighted by atomic mass is 10.0. The Bertz CT molecular complexity index is 836. The van der Waals surface area contributed by atoms with Crippen LogP contribution in [0.3, 0.4) is 0 Å². The second-order valence-electron chi connectivity index (χ2n) is 6.52. The van der Waals surface area contributed by atoms with Gasteiger partial charge in [0.05, 0.1) is 0 Å². The third kappa shape index (κ3) is 3.99. The number of amides is 2. The van der Waals surface area contributed by atoms with Crippen LogP contribution in [0.15, 0.2) is 30.5 Å². The third-order valence-corrected chi connectivity index (χ3v) is 4.47. The van der Waals surface area contributed by atoms with E-state index in [9.17, 15) is 9.59 Å². The van der Waals surface area contributed by atoms with Gasteiger partial charge in [-0.25, -0.2) is 4.98 Å². The number of anilines is 2. The number of hydrogen-bond donors (Lipinski definition) is 2. The van der Waals surface area contributed by atoms with Crippen molar-refractivity contribution in [3.05, 3.63) is 47.4 Å². The van der Waals surface area contributed by atoms with Gasteiger partial charge in [0.15, 0.2) is 0 Å². The second-order valence-corrected chi connectivity index (χ2v) is 6.52. The lowest BCUT2D eigenvalue weighted by molar-refractivity contribution is -0.114. The summed E-state index contributed by atoms with van der Waals surface area (Å²) in [6.45, 7) is 4.71. The van der Waals surface area contributed by atoms with Gasteiger partial charge in [0.1, 0.15) is 5.82 Å². The Morgan fingerprint density at radius 1 is 1.27 bits per heavy atom. The maximum atomic E-state index is 12.8. The highest BCUT2D eigenvalue weighted by Gasteiger charge is 2.29. The van der Waals surface area contributed by atoms with Crippen LogP contribution in [0.2, 0.25) is 0 Å². The van der Waals surface area contributed by atoms with Crippen LogP contribution in [0, 0.1) is 6.92 Å². The molecule has 2 amide bonds. The Labute approximate surface area is 152 Å². The smallest absolute Gasteiger partial charge is 0.254 e. The van der Waals surface area contributed by atoms with Crippen LogP contribution in [-0.2, 0) is 4.79 Å². The fourth-order valence-electron chi connectivity index (χ4n) is 3.23. The van der Waals surface area contributed by atoms with E-state index in [1.807, 2.05) is 31.0 Å². The molecule has 26 heavy (non-hydrogen) atoms. The topological polar surface area (TPSA) is 87.2 Å². The van der Waals surface area contributed by atoms with Gasteiger partial charge in [-0.2, -0.15) is 0 Å². The van der Waals surface area contributed by atoms with Gasteiger partial charge in [0.2, 0.25) is 5.91 Å². The minimum absolute atomic E-state index is 0.0528. The van der Waals surface area contributed by atoms with E-state index < -0.39 is 0 Å². The van der Waals surface area contributed by atoms with Crippen LogP contribution in [0.1, 0.15) is 41.0 Å². The van der Waals surface area contributed by atoms with E-state index in [4.69, 9.17) is 0 Å². The molecule has 0 unspecified atom stereocenters. The minimum atomic E-state index is -0.214. The minimum Gasteiger partial charge on any atom is -0.388 e. The molecule has 1 aliphatic heterocycles. The van der Waals surface area contributed by atoms with E-state index in [0.29, 0.717) is 24.5 Å². The lowest BCUT2D eigenvalue weighted by Crippen LogP contribution is -2.28. The average Bonchev–Trinajstić information content (AvgIpc) is 3.10. The zero-order chi connectivity index (χ0) is 18.7. The summed E-state index contributed by atoms with van der Waals surface area (Å²) >= 11 is 0. The first-order valence-corrected chi connectivity index (χ1v) is 8.65.